The van der Waals surface area contributed by atoms with Gasteiger partial charge < -0.3 is 0 Å². The molecule has 1 N–H and O–H groups in total. The Labute approximate surface area is 110 Å². The summed E-state index contributed by atoms with van der Waals surface area (Å²) in [5.41, 5.74) is 5.26. The number of nitrogens with zero attached hydrogens (tertiary/aromatic N) is 2. The number of nitro benzene ring substituents is 1. The van der Waals surface area contributed by atoms with Crippen LogP contribution in [0.25, 0.3) is 0 Å². The molecule has 2 aromatic rings. The molecule has 0 unspecified atom stereocenters. The van der Waals surface area contributed by atoms with Gasteiger partial charge in [-0.15, -0.1) is 0 Å². The van der Waals surface area contributed by atoms with E-state index < -0.39 is 4.92 Å². The molecule has 0 aliphatic rings. The highest BCUT2D eigenvalue weighted by Crippen LogP contribution is 2.17. The van der Waals surface area contributed by atoms with Crippen molar-refractivity contribution in [2.45, 2.75) is 6.92 Å². The summed E-state index contributed by atoms with van der Waals surface area (Å²) in [6.07, 6.45) is 0. The Morgan fingerprint density at radius 1 is 1.16 bits per heavy atom. The van der Waals surface area contributed by atoms with E-state index >= 15 is 0 Å². The molecule has 5 heteroatoms. The number of rotatable bonds is 4. The number of hydrogen-bond acceptors (Lipinski definition) is 4. The van der Waals surface area contributed by atoms with E-state index in [-0.39, 0.29) is 5.69 Å². The maximum atomic E-state index is 10.7. The fourth-order valence-corrected chi connectivity index (χ4v) is 1.58. The lowest BCUT2D eigenvalue weighted by atomic mass is 10.1. The van der Waals surface area contributed by atoms with E-state index in [2.05, 4.69) is 10.5 Å². The first-order chi connectivity index (χ1) is 9.16. The molecule has 0 radical (unpaired) electrons. The third-order valence-electron chi connectivity index (χ3n) is 2.60. The lowest BCUT2D eigenvalue weighted by molar-refractivity contribution is -0.384. The van der Waals surface area contributed by atoms with E-state index in [1.165, 1.54) is 12.1 Å². The molecule has 96 valence electrons. The van der Waals surface area contributed by atoms with Crippen molar-refractivity contribution in [1.82, 2.24) is 0 Å². The van der Waals surface area contributed by atoms with Crippen molar-refractivity contribution >= 4 is 17.1 Å². The van der Waals surface area contributed by atoms with E-state index in [9.17, 15) is 10.1 Å². The van der Waals surface area contributed by atoms with Crippen molar-refractivity contribution in [2.24, 2.45) is 5.10 Å². The molecule has 19 heavy (non-hydrogen) atoms. The zero-order valence-electron chi connectivity index (χ0n) is 10.4. The van der Waals surface area contributed by atoms with Gasteiger partial charge >= 0.3 is 0 Å². The first kappa shape index (κ1) is 12.8. The van der Waals surface area contributed by atoms with E-state index in [4.69, 9.17) is 0 Å². The molecule has 0 atom stereocenters. The molecule has 0 bridgehead atoms. The molecule has 5 nitrogen and oxygen atoms in total. The summed E-state index contributed by atoms with van der Waals surface area (Å²) in [6, 6.07) is 15.9. The Bertz CT molecular complexity index is 609. The normalized spacial score (nSPS) is 11.1. The maximum Gasteiger partial charge on any atom is 0.271 e. The average Bonchev–Trinajstić information content (AvgIpc) is 2.46. The number of hydrogen-bond donors (Lipinski definition) is 1. The largest absolute Gasteiger partial charge is 0.278 e. The van der Waals surface area contributed by atoms with Crippen LogP contribution in [0.5, 0.6) is 0 Å². The lowest BCUT2D eigenvalue weighted by Gasteiger charge is -2.03. The summed E-state index contributed by atoms with van der Waals surface area (Å²) in [5, 5.41) is 14.9. The minimum atomic E-state index is -0.432. The topological polar surface area (TPSA) is 67.5 Å². The van der Waals surface area contributed by atoms with Crippen molar-refractivity contribution in [1.29, 1.82) is 0 Å². The number of benzene rings is 2. The first-order valence-electron chi connectivity index (χ1n) is 5.77. The van der Waals surface area contributed by atoms with Gasteiger partial charge in [-0.1, -0.05) is 36.4 Å². The first-order valence-corrected chi connectivity index (χ1v) is 5.77. The summed E-state index contributed by atoms with van der Waals surface area (Å²) in [4.78, 5) is 10.2. The minimum Gasteiger partial charge on any atom is -0.278 e. The lowest BCUT2D eigenvalue weighted by Crippen LogP contribution is -1.99. The van der Waals surface area contributed by atoms with Crippen LogP contribution >= 0.6 is 0 Å². The van der Waals surface area contributed by atoms with Crippen molar-refractivity contribution in [3.63, 3.8) is 0 Å². The summed E-state index contributed by atoms with van der Waals surface area (Å²) in [5.74, 6) is 0. The average molecular weight is 255 g/mol. The van der Waals surface area contributed by atoms with E-state index in [1.807, 2.05) is 37.3 Å². The van der Waals surface area contributed by atoms with Gasteiger partial charge in [0.05, 0.1) is 16.3 Å². The van der Waals surface area contributed by atoms with Gasteiger partial charge in [0, 0.05) is 12.1 Å². The van der Waals surface area contributed by atoms with Gasteiger partial charge in [-0.3, -0.25) is 15.5 Å². The van der Waals surface area contributed by atoms with Crippen LogP contribution in [0.4, 0.5) is 11.4 Å². The molecule has 0 aliphatic heterocycles. The highest BCUT2D eigenvalue weighted by atomic mass is 16.6. The zero-order chi connectivity index (χ0) is 13.7. The maximum absolute atomic E-state index is 10.7. The number of anilines is 1. The van der Waals surface area contributed by atoms with Gasteiger partial charge in [0.15, 0.2) is 0 Å². The Morgan fingerprint density at radius 2 is 1.89 bits per heavy atom. The molecule has 0 aliphatic carbocycles. The van der Waals surface area contributed by atoms with Crippen molar-refractivity contribution in [2.75, 3.05) is 5.43 Å². The van der Waals surface area contributed by atoms with Gasteiger partial charge in [-0.25, -0.2) is 0 Å². The molecule has 2 rings (SSSR count). The molecular weight excluding hydrogens is 242 g/mol. The van der Waals surface area contributed by atoms with Crippen LogP contribution in [-0.2, 0) is 0 Å². The van der Waals surface area contributed by atoms with Crippen LogP contribution in [0, 0.1) is 10.1 Å². The number of nitro groups is 1. The van der Waals surface area contributed by atoms with Crippen LogP contribution in [0.1, 0.15) is 12.5 Å². The quantitative estimate of drug-likeness (QED) is 0.517. The van der Waals surface area contributed by atoms with E-state index in [0.29, 0.717) is 5.69 Å². The van der Waals surface area contributed by atoms with Crippen LogP contribution in [-0.4, -0.2) is 10.6 Å². The van der Waals surface area contributed by atoms with Gasteiger partial charge in [0.2, 0.25) is 0 Å². The third kappa shape index (κ3) is 3.38. The van der Waals surface area contributed by atoms with Crippen LogP contribution < -0.4 is 5.43 Å². The summed E-state index contributed by atoms with van der Waals surface area (Å²) in [7, 11) is 0. The highest BCUT2D eigenvalue weighted by molar-refractivity contribution is 5.99. The summed E-state index contributed by atoms with van der Waals surface area (Å²) < 4.78 is 0. The minimum absolute atomic E-state index is 0.0394. The Morgan fingerprint density at radius 3 is 2.58 bits per heavy atom. The second-order valence-corrected chi connectivity index (χ2v) is 3.98. The monoisotopic (exact) mass is 255 g/mol. The smallest absolute Gasteiger partial charge is 0.271 e. The summed E-state index contributed by atoms with van der Waals surface area (Å²) >= 11 is 0. The highest BCUT2D eigenvalue weighted by Gasteiger charge is 2.04. The SMILES string of the molecule is C/C(=N\Nc1cccc([N+](=O)[O-])c1)c1ccccc1. The number of nitrogens with one attached hydrogen (secondary N) is 1. The van der Waals surface area contributed by atoms with E-state index in [0.717, 1.165) is 11.3 Å². The summed E-state index contributed by atoms with van der Waals surface area (Å²) in [6.45, 7) is 1.87. The molecule has 0 fully saturated rings. The molecule has 0 aromatic heterocycles. The van der Waals surface area contributed by atoms with Gasteiger partial charge in [0.25, 0.3) is 5.69 Å². The van der Waals surface area contributed by atoms with E-state index in [1.54, 1.807) is 12.1 Å². The predicted octanol–water partition coefficient (Wildman–Crippen LogP) is 3.43. The fourth-order valence-electron chi connectivity index (χ4n) is 1.58. The van der Waals surface area contributed by atoms with Crippen LogP contribution in [0.2, 0.25) is 0 Å². The molecule has 0 saturated heterocycles. The van der Waals surface area contributed by atoms with Gasteiger partial charge in [-0.2, -0.15) is 5.10 Å². The number of hydrazone groups is 1. The number of non-ortho nitro benzene ring substituents is 1. The third-order valence-corrected chi connectivity index (χ3v) is 2.60. The van der Waals surface area contributed by atoms with Crippen molar-refractivity contribution < 1.29 is 4.92 Å². The Kier molecular flexibility index (Phi) is 3.87. The molecule has 0 spiro atoms. The van der Waals surface area contributed by atoms with Crippen molar-refractivity contribution in [3.05, 3.63) is 70.3 Å². The standard InChI is InChI=1S/C14H13N3O2/c1-11(12-6-3-2-4-7-12)15-16-13-8-5-9-14(10-13)17(18)19/h2-10,16H,1H3/b15-11+. The second kappa shape index (κ2) is 5.77. The van der Waals surface area contributed by atoms with Crippen LogP contribution in [0.3, 0.4) is 0 Å². The Hall–Kier alpha value is -2.69. The molecule has 0 heterocycles. The van der Waals surface area contributed by atoms with Crippen molar-refractivity contribution in [3.8, 4) is 0 Å². The van der Waals surface area contributed by atoms with Gasteiger partial charge in [0.1, 0.15) is 0 Å². The Balaban J connectivity index is 2.14. The molecular formula is C14H13N3O2. The zero-order valence-corrected chi connectivity index (χ0v) is 10.4. The predicted molar refractivity (Wildman–Crippen MR) is 75.4 cm³/mol. The van der Waals surface area contributed by atoms with Crippen LogP contribution in [0.15, 0.2) is 59.7 Å². The molecule has 2 aromatic carbocycles. The van der Waals surface area contributed by atoms with Gasteiger partial charge in [-0.05, 0) is 18.6 Å². The fraction of sp³-hybridized carbons (Fsp3) is 0.0714. The molecule has 0 saturated carbocycles. The molecule has 0 amide bonds. The second-order valence-electron chi connectivity index (χ2n) is 3.98.